The summed E-state index contributed by atoms with van der Waals surface area (Å²) in [7, 11) is 3.22. The van der Waals surface area contributed by atoms with Crippen molar-refractivity contribution in [1.82, 2.24) is 0 Å². The van der Waals surface area contributed by atoms with Gasteiger partial charge in [-0.25, -0.2) is 0 Å². The molecule has 1 fully saturated rings. The number of fused-ring (bicyclic) bond motifs is 1. The molecule has 5 heteroatoms. The molecule has 21 heavy (non-hydrogen) atoms. The lowest BCUT2D eigenvalue weighted by atomic mass is 9.64. The van der Waals surface area contributed by atoms with Gasteiger partial charge in [0.05, 0.1) is 6.10 Å². The van der Waals surface area contributed by atoms with Crippen molar-refractivity contribution in [2.75, 3.05) is 27.8 Å². The van der Waals surface area contributed by atoms with E-state index < -0.39 is 5.60 Å². The molecule has 120 valence electrons. The zero-order valence-corrected chi connectivity index (χ0v) is 13.4. The molecule has 0 spiro atoms. The summed E-state index contributed by atoms with van der Waals surface area (Å²) in [5, 5.41) is 0. The Hall–Kier alpha value is -0.750. The maximum absolute atomic E-state index is 12.1. The number of methoxy groups -OCH3 is 2. The lowest BCUT2D eigenvalue weighted by Crippen LogP contribution is -2.54. The number of carbonyl (C=O) groups is 1. The molecule has 3 atom stereocenters. The molecule has 0 amide bonds. The average molecular weight is 298 g/mol. The van der Waals surface area contributed by atoms with E-state index in [-0.39, 0.29) is 30.9 Å². The van der Waals surface area contributed by atoms with E-state index in [1.165, 1.54) is 0 Å². The zero-order valence-electron chi connectivity index (χ0n) is 13.4. The van der Waals surface area contributed by atoms with Crippen LogP contribution in [0.4, 0.5) is 0 Å². The van der Waals surface area contributed by atoms with Gasteiger partial charge in [-0.1, -0.05) is 13.0 Å². The van der Waals surface area contributed by atoms with E-state index in [4.69, 9.17) is 18.9 Å². The van der Waals surface area contributed by atoms with Crippen molar-refractivity contribution in [3.63, 3.8) is 0 Å². The second kappa shape index (κ2) is 6.57. The van der Waals surface area contributed by atoms with E-state index in [0.29, 0.717) is 0 Å². The van der Waals surface area contributed by atoms with E-state index in [2.05, 4.69) is 6.92 Å². The van der Waals surface area contributed by atoms with Crippen molar-refractivity contribution in [3.05, 3.63) is 11.6 Å². The predicted molar refractivity (Wildman–Crippen MR) is 77.8 cm³/mol. The number of hydrogen-bond donors (Lipinski definition) is 0. The minimum atomic E-state index is -0.606. The highest BCUT2D eigenvalue weighted by molar-refractivity contribution is 5.96. The molecule has 2 rings (SSSR count). The number of carbonyl (C=O) groups excluding carboxylic acids is 1. The Labute approximate surface area is 126 Å². The predicted octanol–water partition coefficient (Wildman–Crippen LogP) is 2.44. The molecule has 0 unspecified atom stereocenters. The van der Waals surface area contributed by atoms with Crippen molar-refractivity contribution in [3.8, 4) is 0 Å². The molecule has 2 aliphatic rings. The second-order valence-electron chi connectivity index (χ2n) is 6.11. The van der Waals surface area contributed by atoms with Crippen LogP contribution in [0.2, 0.25) is 0 Å². The fraction of sp³-hybridized carbons (Fsp3) is 0.812. The van der Waals surface area contributed by atoms with Crippen LogP contribution in [0, 0.1) is 5.41 Å². The minimum Gasteiger partial charge on any atom is -0.359 e. The van der Waals surface area contributed by atoms with Gasteiger partial charge in [-0.05, 0) is 32.6 Å². The van der Waals surface area contributed by atoms with E-state index in [0.717, 1.165) is 31.3 Å². The number of allylic oxidation sites excluding steroid dienone is 1. The van der Waals surface area contributed by atoms with Crippen LogP contribution in [0.1, 0.15) is 39.5 Å². The standard InChI is InChI=1S/C16H26O5/c1-12(17)13-6-5-8-15(2)14(20-10-18-3)7-9-16(13,15)21-11-19-4/h6,14H,5,7-11H2,1-4H3/t14-,15+,16-/m0/s1. The molecule has 5 nitrogen and oxygen atoms in total. The lowest BCUT2D eigenvalue weighted by molar-refractivity contribution is -0.190. The fourth-order valence-corrected chi connectivity index (χ4v) is 4.00. The average Bonchev–Trinajstić information content (AvgIpc) is 2.75. The third-order valence-corrected chi connectivity index (χ3v) is 5.03. The lowest BCUT2D eigenvalue weighted by Gasteiger charge is -2.49. The third kappa shape index (κ3) is 2.68. The first kappa shape index (κ1) is 16.6. The first-order valence-corrected chi connectivity index (χ1v) is 7.47. The van der Waals surface area contributed by atoms with Gasteiger partial charge in [-0.2, -0.15) is 0 Å². The Balaban J connectivity index is 2.35. The molecule has 1 saturated carbocycles. The highest BCUT2D eigenvalue weighted by atomic mass is 16.7. The summed E-state index contributed by atoms with van der Waals surface area (Å²) in [5.41, 5.74) is -0.0671. The maximum Gasteiger partial charge on any atom is 0.158 e. The van der Waals surface area contributed by atoms with E-state index in [9.17, 15) is 4.79 Å². The number of ether oxygens (including phenoxy) is 4. The van der Waals surface area contributed by atoms with E-state index in [1.807, 2.05) is 6.08 Å². The van der Waals surface area contributed by atoms with Gasteiger partial charge in [0.25, 0.3) is 0 Å². The third-order valence-electron chi connectivity index (χ3n) is 5.03. The van der Waals surface area contributed by atoms with Crippen LogP contribution in [0.15, 0.2) is 11.6 Å². The van der Waals surface area contributed by atoms with Crippen LogP contribution in [-0.4, -0.2) is 45.3 Å². The van der Waals surface area contributed by atoms with Crippen LogP contribution in [0.5, 0.6) is 0 Å². The summed E-state index contributed by atoms with van der Waals surface area (Å²) in [4.78, 5) is 12.1. The van der Waals surface area contributed by atoms with Gasteiger partial charge in [0.1, 0.15) is 19.2 Å². The number of hydrogen-bond acceptors (Lipinski definition) is 5. The Bertz CT molecular complexity index is 419. The molecule has 0 radical (unpaired) electrons. The molecule has 0 aromatic rings. The van der Waals surface area contributed by atoms with Crippen molar-refractivity contribution in [2.24, 2.45) is 5.41 Å². The molecule has 0 saturated heterocycles. The fourth-order valence-electron chi connectivity index (χ4n) is 4.00. The van der Waals surface area contributed by atoms with Gasteiger partial charge in [0, 0.05) is 25.2 Å². The van der Waals surface area contributed by atoms with Crippen LogP contribution >= 0.6 is 0 Å². The van der Waals surface area contributed by atoms with Crippen LogP contribution in [0.25, 0.3) is 0 Å². The summed E-state index contributed by atoms with van der Waals surface area (Å²) in [6.07, 6.45) is 5.48. The van der Waals surface area contributed by atoms with E-state index >= 15 is 0 Å². The Morgan fingerprint density at radius 2 is 2.00 bits per heavy atom. The molecule has 2 aliphatic carbocycles. The SMILES string of the molecule is COCO[C@H]1CC[C@]2(OCOC)C(C(C)=O)=CCC[C@]12C. The molecule has 0 heterocycles. The van der Waals surface area contributed by atoms with Crippen molar-refractivity contribution in [1.29, 1.82) is 0 Å². The summed E-state index contributed by atoms with van der Waals surface area (Å²) in [6, 6.07) is 0. The van der Waals surface area contributed by atoms with Crippen LogP contribution in [0.3, 0.4) is 0 Å². The number of ketones is 1. The van der Waals surface area contributed by atoms with Crippen molar-refractivity contribution in [2.45, 2.75) is 51.2 Å². The topological polar surface area (TPSA) is 54.0 Å². The summed E-state index contributed by atoms with van der Waals surface area (Å²) < 4.78 is 22.1. The Kier molecular flexibility index (Phi) is 5.20. The molecular formula is C16H26O5. The number of Topliss-reactive ketones (excluding diaryl/α,β-unsaturated/α-hetero) is 1. The van der Waals surface area contributed by atoms with Gasteiger partial charge in [0.2, 0.25) is 0 Å². The summed E-state index contributed by atoms with van der Waals surface area (Å²) >= 11 is 0. The van der Waals surface area contributed by atoms with Gasteiger partial charge in [-0.15, -0.1) is 0 Å². The van der Waals surface area contributed by atoms with Gasteiger partial charge in [0.15, 0.2) is 5.78 Å². The molecule has 0 aliphatic heterocycles. The van der Waals surface area contributed by atoms with Crippen LogP contribution in [-0.2, 0) is 23.7 Å². The van der Waals surface area contributed by atoms with E-state index in [1.54, 1.807) is 21.1 Å². The van der Waals surface area contributed by atoms with Gasteiger partial charge >= 0.3 is 0 Å². The first-order chi connectivity index (χ1) is 10.0. The molecular weight excluding hydrogens is 272 g/mol. The maximum atomic E-state index is 12.1. The van der Waals surface area contributed by atoms with Crippen molar-refractivity contribution >= 4 is 5.78 Å². The highest BCUT2D eigenvalue weighted by Gasteiger charge is 2.62. The van der Waals surface area contributed by atoms with Gasteiger partial charge < -0.3 is 18.9 Å². The smallest absolute Gasteiger partial charge is 0.158 e. The molecule has 0 aromatic heterocycles. The normalized spacial score (nSPS) is 35.4. The molecule has 0 aromatic carbocycles. The summed E-state index contributed by atoms with van der Waals surface area (Å²) in [5.74, 6) is 0.0735. The number of rotatable bonds is 7. The monoisotopic (exact) mass is 298 g/mol. The molecule has 0 N–H and O–H groups in total. The quantitative estimate of drug-likeness (QED) is 0.676. The zero-order chi connectivity index (χ0) is 15.5. The minimum absolute atomic E-state index is 0.0253. The first-order valence-electron chi connectivity index (χ1n) is 7.47. The Morgan fingerprint density at radius 3 is 2.62 bits per heavy atom. The van der Waals surface area contributed by atoms with Crippen molar-refractivity contribution < 1.29 is 23.7 Å². The van der Waals surface area contributed by atoms with Gasteiger partial charge in [-0.3, -0.25) is 4.79 Å². The Morgan fingerprint density at radius 1 is 1.29 bits per heavy atom. The van der Waals surface area contributed by atoms with Crippen LogP contribution < -0.4 is 0 Å². The molecule has 0 bridgehead atoms. The second-order valence-corrected chi connectivity index (χ2v) is 6.11. The highest BCUT2D eigenvalue weighted by Crippen LogP contribution is 2.58. The largest absolute Gasteiger partial charge is 0.359 e. The summed E-state index contributed by atoms with van der Waals surface area (Å²) in [6.45, 7) is 4.21.